The molecule has 2 aromatic carbocycles. The van der Waals surface area contributed by atoms with Gasteiger partial charge in [-0.3, -0.25) is 4.79 Å². The van der Waals surface area contributed by atoms with Crippen LogP contribution < -0.4 is 16.5 Å². The minimum absolute atomic E-state index is 0.0405. The molecular weight excluding hydrogens is 679 g/mol. The third kappa shape index (κ3) is 6.80. The summed E-state index contributed by atoms with van der Waals surface area (Å²) in [6, 6.07) is 9.76. The largest absolute Gasteiger partial charge is 0.453 e. The van der Waals surface area contributed by atoms with Crippen molar-refractivity contribution in [2.45, 2.75) is 90.3 Å². The van der Waals surface area contributed by atoms with E-state index in [4.69, 9.17) is 25.4 Å². The molecule has 0 unspecified atom stereocenters. The number of carbonyl (C=O) groups excluding carboxylic acids is 2. The van der Waals surface area contributed by atoms with E-state index >= 15 is 0 Å². The first kappa shape index (κ1) is 36.0. The summed E-state index contributed by atoms with van der Waals surface area (Å²) in [5, 5.41) is 15.8. The molecule has 7 rings (SSSR count). The van der Waals surface area contributed by atoms with Gasteiger partial charge >= 0.3 is 6.09 Å². The lowest BCUT2D eigenvalue weighted by molar-refractivity contribution is -0.138. The van der Waals surface area contributed by atoms with Gasteiger partial charge in [-0.1, -0.05) is 45.9 Å². The summed E-state index contributed by atoms with van der Waals surface area (Å²) in [6.45, 7) is 9.27. The summed E-state index contributed by atoms with van der Waals surface area (Å²) in [5.41, 5.74) is 14.1. The van der Waals surface area contributed by atoms with Crippen molar-refractivity contribution < 1.29 is 19.5 Å². The van der Waals surface area contributed by atoms with Crippen molar-refractivity contribution in [2.75, 3.05) is 20.2 Å². The zero-order valence-corrected chi connectivity index (χ0v) is 31.3. The fourth-order valence-electron chi connectivity index (χ4n) is 7.73. The number of fused-ring (bicyclic) bond motifs is 6. The van der Waals surface area contributed by atoms with Crippen molar-refractivity contribution in [3.05, 3.63) is 53.4 Å². The molecule has 1 aliphatic heterocycles. The van der Waals surface area contributed by atoms with Crippen LogP contribution in [0.2, 0.25) is 0 Å². The molecular formula is C38H49N9O4S. The van der Waals surface area contributed by atoms with Crippen LogP contribution >= 0.6 is 11.3 Å². The second-order valence-electron chi connectivity index (χ2n) is 14.8. The highest BCUT2D eigenvalue weighted by Crippen LogP contribution is 2.44. The number of hydrogen-bond acceptors (Lipinski definition) is 10. The van der Waals surface area contributed by atoms with Crippen LogP contribution in [0.25, 0.3) is 42.9 Å². The number of imidazole rings is 2. The van der Waals surface area contributed by atoms with Gasteiger partial charge in [0.1, 0.15) is 22.7 Å². The normalized spacial score (nSPS) is 17.2. The van der Waals surface area contributed by atoms with Crippen LogP contribution in [0.5, 0.6) is 0 Å². The van der Waals surface area contributed by atoms with Crippen LogP contribution in [-0.2, 0) is 16.0 Å². The Labute approximate surface area is 307 Å². The maximum absolute atomic E-state index is 13.3. The molecule has 0 saturated carbocycles. The number of H-pyrrole nitrogens is 2. The van der Waals surface area contributed by atoms with E-state index in [1.807, 2.05) is 18.7 Å². The average Bonchev–Trinajstić information content (AvgIpc) is 3.96. The summed E-state index contributed by atoms with van der Waals surface area (Å²) in [5.74, 6) is 1.87. The van der Waals surface area contributed by atoms with Crippen molar-refractivity contribution in [3.63, 3.8) is 0 Å². The minimum Gasteiger partial charge on any atom is -0.453 e. The molecule has 2 aliphatic rings. The molecule has 4 heterocycles. The number of hydrogen-bond donors (Lipinski definition) is 6. The molecule has 14 heteroatoms. The molecule has 1 saturated heterocycles. The number of aromatic amines is 2. The number of amides is 2. The number of alkyl carbamates (subject to hydrolysis) is 1. The second-order valence-corrected chi connectivity index (χ2v) is 15.8. The molecule has 4 atom stereocenters. The fourth-order valence-corrected chi connectivity index (χ4v) is 8.84. The standard InChI is InChI=1S/C38H49N9O4S/c1-19(2)26(43-38(49)51-5)17-22(8-6-14-39)34-40-25-13-11-21-16-23(10-12-24(21)31(25)44-34)36-42-28-18-27-32(33(28)52-36)45-35(41-27)29-9-7-15-47(29)37(48)30(46-50)20(3)4/h10-13,16,19-20,22,26,29-30,46,50H,6-9,14-15,17-18,39H2,1-5H3,(H,40,44)(H,41,45)(H,43,49)/t22-,26-,29+,30+/m1/s1. The Bertz CT molecular complexity index is 2080. The molecule has 0 radical (unpaired) electrons. The van der Waals surface area contributed by atoms with E-state index in [1.165, 1.54) is 7.11 Å². The number of nitrogens with one attached hydrogen (secondary N) is 4. The van der Waals surface area contributed by atoms with E-state index in [9.17, 15) is 14.8 Å². The lowest BCUT2D eigenvalue weighted by Gasteiger charge is -2.29. The Hall–Kier alpha value is -4.37. The fraction of sp³-hybridized carbons (Fsp3) is 0.500. The van der Waals surface area contributed by atoms with Crippen molar-refractivity contribution in [1.29, 1.82) is 0 Å². The SMILES string of the molecule is COC(=O)N[C@H](C[C@@H](CCCN)c1nc2ccc3cc(-c4nc5c(s4)-c4[nH]c([C@@H]6CCCN6C(=O)[C@@H](NO)C(C)C)nc4C5)ccc3c2[nH]1)C(C)C. The van der Waals surface area contributed by atoms with Gasteiger partial charge in [0.15, 0.2) is 0 Å². The highest BCUT2D eigenvalue weighted by Gasteiger charge is 2.38. The van der Waals surface area contributed by atoms with E-state index < -0.39 is 12.1 Å². The van der Waals surface area contributed by atoms with Crippen molar-refractivity contribution in [3.8, 4) is 21.1 Å². The van der Waals surface area contributed by atoms with Crippen LogP contribution in [-0.4, -0.2) is 79.3 Å². The lowest BCUT2D eigenvalue weighted by atomic mass is 9.89. The summed E-state index contributed by atoms with van der Waals surface area (Å²) >= 11 is 1.66. The quantitative estimate of drug-likeness (QED) is 0.0733. The number of rotatable bonds is 13. The second kappa shape index (κ2) is 14.9. The number of methoxy groups -OCH3 is 1. The van der Waals surface area contributed by atoms with Crippen LogP contribution in [0, 0.1) is 11.8 Å². The molecule has 0 spiro atoms. The predicted molar refractivity (Wildman–Crippen MR) is 202 cm³/mol. The first-order valence-electron chi connectivity index (χ1n) is 18.4. The summed E-state index contributed by atoms with van der Waals surface area (Å²) < 4.78 is 4.89. The molecule has 1 aliphatic carbocycles. The van der Waals surface area contributed by atoms with E-state index in [1.54, 1.807) is 11.3 Å². The molecule has 2 amide bonds. The Morgan fingerprint density at radius 2 is 1.92 bits per heavy atom. The maximum Gasteiger partial charge on any atom is 0.407 e. The number of likely N-dealkylation sites (tertiary alicyclic amines) is 1. The third-order valence-corrected chi connectivity index (χ3v) is 11.9. The first-order valence-corrected chi connectivity index (χ1v) is 19.2. The van der Waals surface area contributed by atoms with Crippen LogP contribution in [0.3, 0.4) is 0 Å². The van der Waals surface area contributed by atoms with Gasteiger partial charge in [-0.15, -0.1) is 11.3 Å². The van der Waals surface area contributed by atoms with Gasteiger partial charge in [0.05, 0.1) is 46.1 Å². The van der Waals surface area contributed by atoms with Gasteiger partial charge in [0.25, 0.3) is 0 Å². The highest BCUT2D eigenvalue weighted by molar-refractivity contribution is 7.18. The van der Waals surface area contributed by atoms with E-state index in [0.29, 0.717) is 19.5 Å². The van der Waals surface area contributed by atoms with E-state index in [-0.39, 0.29) is 35.7 Å². The third-order valence-electron chi connectivity index (χ3n) is 10.7. The number of carbonyl (C=O) groups is 2. The van der Waals surface area contributed by atoms with Crippen molar-refractivity contribution in [2.24, 2.45) is 17.6 Å². The highest BCUT2D eigenvalue weighted by atomic mass is 32.1. The minimum atomic E-state index is -0.649. The lowest BCUT2D eigenvalue weighted by Crippen LogP contribution is -2.48. The Morgan fingerprint density at radius 1 is 1.10 bits per heavy atom. The Kier molecular flexibility index (Phi) is 10.3. The van der Waals surface area contributed by atoms with E-state index in [2.05, 4.69) is 64.9 Å². The Morgan fingerprint density at radius 3 is 2.65 bits per heavy atom. The molecule has 1 fully saturated rings. The smallest absolute Gasteiger partial charge is 0.407 e. The molecule has 5 aromatic rings. The van der Waals surface area contributed by atoms with Crippen molar-refractivity contribution in [1.82, 2.24) is 40.6 Å². The summed E-state index contributed by atoms with van der Waals surface area (Å²) in [6.07, 6.45) is 4.38. The number of nitrogens with two attached hydrogens (primary N) is 1. The average molecular weight is 728 g/mol. The van der Waals surface area contributed by atoms with Gasteiger partial charge < -0.3 is 35.9 Å². The first-order chi connectivity index (χ1) is 25.1. The number of ether oxygens (including phenoxy) is 1. The molecule has 7 N–H and O–H groups in total. The van der Waals surface area contributed by atoms with Gasteiger partial charge in [-0.25, -0.2) is 19.7 Å². The van der Waals surface area contributed by atoms with Crippen LogP contribution in [0.4, 0.5) is 4.79 Å². The zero-order valence-electron chi connectivity index (χ0n) is 30.5. The molecule has 3 aromatic heterocycles. The topological polar surface area (TPSA) is 187 Å². The monoisotopic (exact) mass is 727 g/mol. The molecule has 0 bridgehead atoms. The molecule has 52 heavy (non-hydrogen) atoms. The van der Waals surface area contributed by atoms with Gasteiger partial charge in [0.2, 0.25) is 5.91 Å². The number of benzene rings is 2. The van der Waals surface area contributed by atoms with Crippen molar-refractivity contribution >= 4 is 45.1 Å². The number of thiazole rings is 1. The number of nitrogens with zero attached hydrogens (tertiary/aromatic N) is 4. The zero-order chi connectivity index (χ0) is 36.7. The maximum atomic E-state index is 13.3. The Balaban J connectivity index is 1.13. The molecule has 13 nitrogen and oxygen atoms in total. The van der Waals surface area contributed by atoms with Crippen LogP contribution in [0.15, 0.2) is 30.3 Å². The molecule has 276 valence electrons. The van der Waals surface area contributed by atoms with Gasteiger partial charge in [0, 0.05) is 35.9 Å². The van der Waals surface area contributed by atoms with Crippen LogP contribution in [0.1, 0.15) is 94.8 Å². The van der Waals surface area contributed by atoms with Gasteiger partial charge in [-0.05, 0) is 68.0 Å². The number of aromatic nitrogens is 5. The van der Waals surface area contributed by atoms with Gasteiger partial charge in [-0.2, -0.15) is 5.48 Å². The predicted octanol–water partition coefficient (Wildman–Crippen LogP) is 6.39. The summed E-state index contributed by atoms with van der Waals surface area (Å²) in [7, 11) is 1.39. The summed E-state index contributed by atoms with van der Waals surface area (Å²) in [4.78, 5) is 50.6. The number of hydroxylamine groups is 1. The van der Waals surface area contributed by atoms with E-state index in [0.717, 1.165) is 98.1 Å².